The average molecular weight is 349 g/mol. The largest absolute Gasteiger partial charge is 0.401 e. The molecule has 2 heterocycles. The Labute approximate surface area is 154 Å². The Bertz CT molecular complexity index is 840. The predicted octanol–water partition coefficient (Wildman–Crippen LogP) is 3.33. The van der Waals surface area contributed by atoms with Gasteiger partial charge < -0.3 is 15.3 Å². The number of fused-ring (bicyclic) bond motifs is 5. The Balaban J connectivity index is 1.36. The fourth-order valence-electron chi connectivity index (χ4n) is 5.24. The van der Waals surface area contributed by atoms with Crippen LogP contribution in [-0.2, 0) is 5.54 Å². The quantitative estimate of drug-likeness (QED) is 0.658. The lowest BCUT2D eigenvalue weighted by Gasteiger charge is -2.50. The monoisotopic (exact) mass is 349 g/mol. The third-order valence-electron chi connectivity index (χ3n) is 6.75. The summed E-state index contributed by atoms with van der Waals surface area (Å²) in [7, 11) is 0. The lowest BCUT2D eigenvalue weighted by Crippen LogP contribution is -2.56. The van der Waals surface area contributed by atoms with Crippen LogP contribution in [0.4, 0.5) is 0 Å². The number of nitrogens with zero attached hydrogens (tertiary/aromatic N) is 3. The van der Waals surface area contributed by atoms with Gasteiger partial charge in [0.25, 0.3) is 0 Å². The molecule has 5 heteroatoms. The zero-order valence-electron chi connectivity index (χ0n) is 15.1. The second kappa shape index (κ2) is 5.88. The first-order chi connectivity index (χ1) is 12.7. The van der Waals surface area contributed by atoms with Crippen molar-refractivity contribution in [1.82, 2.24) is 14.6 Å². The molecular weight excluding hydrogens is 322 g/mol. The summed E-state index contributed by atoms with van der Waals surface area (Å²) < 4.78 is 2.34. The summed E-state index contributed by atoms with van der Waals surface area (Å²) in [6.45, 7) is 0. The van der Waals surface area contributed by atoms with Gasteiger partial charge >= 0.3 is 0 Å². The molecule has 0 bridgehead atoms. The highest BCUT2D eigenvalue weighted by molar-refractivity contribution is 5.71. The molecule has 26 heavy (non-hydrogen) atoms. The summed E-state index contributed by atoms with van der Waals surface area (Å²) in [6.07, 6.45) is 14.3. The van der Waals surface area contributed by atoms with Gasteiger partial charge in [-0.1, -0.05) is 43.5 Å². The van der Waals surface area contributed by atoms with Gasteiger partial charge in [-0.3, -0.25) is 0 Å². The number of imidazole rings is 1. The molecule has 0 saturated heterocycles. The molecule has 0 radical (unpaired) electrons. The maximum atomic E-state index is 6.40. The van der Waals surface area contributed by atoms with Gasteiger partial charge in [-0.25, -0.2) is 10.8 Å². The Morgan fingerprint density at radius 1 is 1.19 bits per heavy atom. The lowest BCUT2D eigenvalue weighted by molar-refractivity contribution is 0.0688. The van der Waals surface area contributed by atoms with E-state index in [1.807, 2.05) is 23.7 Å². The van der Waals surface area contributed by atoms with E-state index in [9.17, 15) is 0 Å². The van der Waals surface area contributed by atoms with Crippen molar-refractivity contribution < 1.29 is 0 Å². The third kappa shape index (κ3) is 2.23. The van der Waals surface area contributed by atoms with Crippen molar-refractivity contribution in [1.29, 1.82) is 0 Å². The van der Waals surface area contributed by atoms with E-state index < -0.39 is 0 Å². The Kier molecular flexibility index (Phi) is 3.60. The van der Waals surface area contributed by atoms with E-state index in [0.717, 1.165) is 18.5 Å². The topological polar surface area (TPSA) is 73.1 Å². The maximum absolute atomic E-state index is 6.40. The van der Waals surface area contributed by atoms with Gasteiger partial charge in [0, 0.05) is 23.5 Å². The highest BCUT2D eigenvalue weighted by atomic mass is 15.4. The molecule has 2 fully saturated rings. The van der Waals surface area contributed by atoms with Crippen LogP contribution in [0.15, 0.2) is 48.7 Å². The zero-order valence-corrected chi connectivity index (χ0v) is 15.1. The average Bonchev–Trinajstić information content (AvgIpc) is 3.21. The van der Waals surface area contributed by atoms with E-state index in [-0.39, 0.29) is 5.54 Å². The number of allylic oxidation sites excluding steroid dienone is 1. The van der Waals surface area contributed by atoms with E-state index in [1.54, 1.807) is 0 Å². The summed E-state index contributed by atoms with van der Waals surface area (Å²) in [5.41, 5.74) is 11.3. The molecule has 5 rings (SSSR count). The van der Waals surface area contributed by atoms with E-state index in [1.165, 1.54) is 48.9 Å². The molecule has 3 aliphatic rings. The van der Waals surface area contributed by atoms with Crippen LogP contribution in [0.25, 0.3) is 11.3 Å². The summed E-state index contributed by atoms with van der Waals surface area (Å²) in [5, 5.41) is 1.87. The highest BCUT2D eigenvalue weighted by Crippen LogP contribution is 2.55. The number of benzene rings is 1. The third-order valence-corrected chi connectivity index (χ3v) is 6.75. The summed E-state index contributed by atoms with van der Waals surface area (Å²) in [5.74, 6) is 6.92. The fourth-order valence-corrected chi connectivity index (χ4v) is 5.24. The van der Waals surface area contributed by atoms with Gasteiger partial charge in [0.2, 0.25) is 0 Å². The van der Waals surface area contributed by atoms with E-state index in [2.05, 4.69) is 33.8 Å². The molecule has 136 valence electrons. The van der Waals surface area contributed by atoms with Crippen molar-refractivity contribution in [2.24, 2.45) is 17.5 Å². The lowest BCUT2D eigenvalue weighted by atomic mass is 9.68. The van der Waals surface area contributed by atoms with Gasteiger partial charge in [0.1, 0.15) is 0 Å². The maximum Gasteiger partial charge on any atom is 0.0959 e. The minimum atomic E-state index is 0.0121. The van der Waals surface area contributed by atoms with E-state index >= 15 is 0 Å². The highest BCUT2D eigenvalue weighted by Gasteiger charge is 2.53. The first kappa shape index (κ1) is 15.9. The molecule has 1 aromatic heterocycles. The van der Waals surface area contributed by atoms with Crippen molar-refractivity contribution in [2.45, 2.75) is 56.5 Å². The van der Waals surface area contributed by atoms with Gasteiger partial charge in [-0.05, 0) is 37.2 Å². The molecule has 2 saturated carbocycles. The zero-order chi connectivity index (χ0) is 17.7. The van der Waals surface area contributed by atoms with Gasteiger partial charge in [-0.15, -0.1) is 0 Å². The first-order valence-corrected chi connectivity index (χ1v) is 9.82. The van der Waals surface area contributed by atoms with Crippen molar-refractivity contribution >= 4 is 0 Å². The van der Waals surface area contributed by atoms with Crippen LogP contribution in [0.5, 0.6) is 0 Å². The van der Waals surface area contributed by atoms with Gasteiger partial charge in [0.15, 0.2) is 0 Å². The molecular formula is C21H27N5. The van der Waals surface area contributed by atoms with Crippen molar-refractivity contribution in [2.75, 3.05) is 0 Å². The van der Waals surface area contributed by atoms with Gasteiger partial charge in [-0.2, -0.15) is 0 Å². The Hall–Kier alpha value is -2.27. The smallest absolute Gasteiger partial charge is 0.0959 e. The summed E-state index contributed by atoms with van der Waals surface area (Å²) in [6, 6.07) is 9.01. The molecule has 1 aromatic carbocycles. The van der Waals surface area contributed by atoms with Crippen molar-refractivity contribution in [3.63, 3.8) is 0 Å². The van der Waals surface area contributed by atoms with Crippen LogP contribution in [0, 0.1) is 5.92 Å². The minimum Gasteiger partial charge on any atom is -0.401 e. The second-order valence-electron chi connectivity index (χ2n) is 8.20. The molecule has 0 amide bonds. The van der Waals surface area contributed by atoms with Crippen LogP contribution in [0.3, 0.4) is 0 Å². The van der Waals surface area contributed by atoms with Crippen LogP contribution in [0.1, 0.15) is 50.5 Å². The molecule has 4 N–H and O–H groups in total. The molecule has 5 nitrogen and oxygen atoms in total. The number of hydrogen-bond acceptors (Lipinski definition) is 4. The number of aromatic nitrogens is 2. The van der Waals surface area contributed by atoms with Crippen LogP contribution in [-0.4, -0.2) is 20.6 Å². The number of hydrogen-bond donors (Lipinski definition) is 2. The number of hydrazine groups is 1. The minimum absolute atomic E-state index is 0.0121. The SMILES string of the molecule is N/C(=C\N(N)C1CC2(C1)c1ccccc1-c1cncn12)C1CCCCC1. The summed E-state index contributed by atoms with van der Waals surface area (Å²) >= 11 is 0. The molecule has 2 aromatic rings. The first-order valence-electron chi connectivity index (χ1n) is 9.82. The molecule has 0 unspecified atom stereocenters. The predicted molar refractivity (Wildman–Crippen MR) is 103 cm³/mol. The second-order valence-corrected chi connectivity index (χ2v) is 8.20. The fraction of sp³-hybridized carbons (Fsp3) is 0.476. The van der Waals surface area contributed by atoms with E-state index in [4.69, 9.17) is 11.6 Å². The van der Waals surface area contributed by atoms with Crippen LogP contribution < -0.4 is 11.6 Å². The molecule has 1 aliphatic heterocycles. The van der Waals surface area contributed by atoms with Crippen LogP contribution in [0.2, 0.25) is 0 Å². The normalized spacial score (nSPS) is 27.9. The Morgan fingerprint density at radius 2 is 1.96 bits per heavy atom. The molecule has 1 spiro atoms. The van der Waals surface area contributed by atoms with Gasteiger partial charge in [0.05, 0.1) is 23.8 Å². The Morgan fingerprint density at radius 3 is 2.77 bits per heavy atom. The number of nitrogens with two attached hydrogens (primary N) is 2. The molecule has 2 aliphatic carbocycles. The van der Waals surface area contributed by atoms with Crippen molar-refractivity contribution in [3.05, 3.63) is 54.3 Å². The van der Waals surface area contributed by atoms with Crippen LogP contribution >= 0.6 is 0 Å². The van der Waals surface area contributed by atoms with E-state index in [0.29, 0.717) is 12.0 Å². The standard InChI is InChI=1S/C21H27N5/c22-19(15-6-2-1-3-7-15)13-26(23)16-10-21(11-16)18-9-5-4-8-17(18)20-12-24-14-25(20)21/h4-5,8-9,12-16H,1-3,6-7,10-11,22-23H2/b19-13-. The molecule has 0 atom stereocenters. The summed E-state index contributed by atoms with van der Waals surface area (Å²) in [4.78, 5) is 4.39. The van der Waals surface area contributed by atoms with Crippen molar-refractivity contribution in [3.8, 4) is 11.3 Å². The number of rotatable bonds is 3.